The topological polar surface area (TPSA) is 92.8 Å². The van der Waals surface area contributed by atoms with Gasteiger partial charge in [-0.05, 0) is 29.8 Å². The van der Waals surface area contributed by atoms with E-state index in [1.807, 2.05) is 30.3 Å². The van der Waals surface area contributed by atoms with Crippen molar-refractivity contribution in [1.82, 2.24) is 4.90 Å². The number of hydrogen-bond acceptors (Lipinski definition) is 5. The Balaban J connectivity index is 2.20. The van der Waals surface area contributed by atoms with E-state index in [0.29, 0.717) is 11.3 Å². The van der Waals surface area contributed by atoms with Crippen molar-refractivity contribution >= 4 is 27.6 Å². The van der Waals surface area contributed by atoms with Crippen LogP contribution in [0.1, 0.15) is 15.9 Å². The van der Waals surface area contributed by atoms with E-state index in [-0.39, 0.29) is 19.0 Å². The van der Waals surface area contributed by atoms with Crippen LogP contribution in [-0.4, -0.2) is 45.1 Å². The molecule has 138 valence electrons. The zero-order chi connectivity index (χ0) is 19.2. The molecule has 0 unspecified atom stereocenters. The molecule has 7 nitrogen and oxygen atoms in total. The van der Waals surface area contributed by atoms with Gasteiger partial charge >= 0.3 is 5.97 Å². The highest BCUT2D eigenvalue weighted by Gasteiger charge is 2.19. The van der Waals surface area contributed by atoms with Crippen LogP contribution >= 0.6 is 0 Å². The molecule has 2 aromatic rings. The molecule has 8 heteroatoms. The van der Waals surface area contributed by atoms with Crippen LogP contribution in [0.5, 0.6) is 0 Å². The first-order valence-corrected chi connectivity index (χ1v) is 9.65. The molecule has 26 heavy (non-hydrogen) atoms. The number of ether oxygens (including phenoxy) is 1. The summed E-state index contributed by atoms with van der Waals surface area (Å²) in [5.74, 6) is -0.880. The second-order valence-electron chi connectivity index (χ2n) is 5.67. The molecule has 0 atom stereocenters. The fraction of sp³-hybridized carbons (Fsp3) is 0.222. The Labute approximate surface area is 152 Å². The molecule has 0 heterocycles. The van der Waals surface area contributed by atoms with Gasteiger partial charge in [0.2, 0.25) is 10.0 Å². The first-order valence-electron chi connectivity index (χ1n) is 7.76. The van der Waals surface area contributed by atoms with Crippen molar-refractivity contribution in [3.63, 3.8) is 0 Å². The van der Waals surface area contributed by atoms with Crippen LogP contribution in [-0.2, 0) is 26.1 Å². The Bertz CT molecular complexity index is 864. The van der Waals surface area contributed by atoms with Crippen LogP contribution in [0.15, 0.2) is 54.6 Å². The summed E-state index contributed by atoms with van der Waals surface area (Å²) >= 11 is 0. The van der Waals surface area contributed by atoms with Gasteiger partial charge in [-0.15, -0.1) is 0 Å². The smallest absolute Gasteiger partial charge is 0.325 e. The van der Waals surface area contributed by atoms with Gasteiger partial charge in [0.05, 0.1) is 13.4 Å². The molecular weight excluding hydrogens is 356 g/mol. The third-order valence-corrected chi connectivity index (χ3v) is 4.09. The molecule has 2 aromatic carbocycles. The zero-order valence-corrected chi connectivity index (χ0v) is 15.3. The predicted molar refractivity (Wildman–Crippen MR) is 98.1 cm³/mol. The monoisotopic (exact) mass is 376 g/mol. The lowest BCUT2D eigenvalue weighted by Gasteiger charge is -2.22. The maximum atomic E-state index is 12.8. The van der Waals surface area contributed by atoms with E-state index >= 15 is 0 Å². The molecule has 0 aliphatic heterocycles. The molecule has 1 N–H and O–H groups in total. The molecule has 0 aliphatic rings. The molecule has 0 fully saturated rings. The lowest BCUT2D eigenvalue weighted by atomic mass is 10.1. The van der Waals surface area contributed by atoms with Gasteiger partial charge in [-0.3, -0.25) is 14.3 Å². The lowest BCUT2D eigenvalue weighted by molar-refractivity contribution is -0.141. The minimum atomic E-state index is -3.39. The number of sulfonamides is 1. The van der Waals surface area contributed by atoms with Crippen LogP contribution in [0.4, 0.5) is 5.69 Å². The maximum Gasteiger partial charge on any atom is 0.325 e. The summed E-state index contributed by atoms with van der Waals surface area (Å²) in [4.78, 5) is 25.8. The van der Waals surface area contributed by atoms with Gasteiger partial charge in [0.25, 0.3) is 5.91 Å². The molecule has 0 spiro atoms. The third kappa shape index (κ3) is 5.89. The molecule has 0 saturated heterocycles. The van der Waals surface area contributed by atoms with Gasteiger partial charge in [-0.1, -0.05) is 30.3 Å². The molecule has 0 aromatic heterocycles. The summed E-state index contributed by atoms with van der Waals surface area (Å²) in [7, 11) is -2.13. The first kappa shape index (κ1) is 19.5. The van der Waals surface area contributed by atoms with Crippen LogP contribution in [0, 0.1) is 0 Å². The fourth-order valence-corrected chi connectivity index (χ4v) is 2.87. The molecule has 0 aliphatic carbocycles. The van der Waals surface area contributed by atoms with E-state index in [1.165, 1.54) is 36.3 Å². The number of benzene rings is 2. The SMILES string of the molecule is COC(=O)CN(Cc1ccccc1)C(=O)c1ccc(NS(C)(=O)=O)cc1. The van der Waals surface area contributed by atoms with Gasteiger partial charge in [0.15, 0.2) is 0 Å². The predicted octanol–water partition coefficient (Wildman–Crippen LogP) is 1.87. The average Bonchev–Trinajstić information content (AvgIpc) is 2.60. The van der Waals surface area contributed by atoms with Crippen LogP contribution in [0.2, 0.25) is 0 Å². The van der Waals surface area contributed by atoms with Gasteiger partial charge in [-0.2, -0.15) is 0 Å². The summed E-state index contributed by atoms with van der Waals surface area (Å²) in [5.41, 5.74) is 1.57. The molecular formula is C18H20N2O5S. The van der Waals surface area contributed by atoms with Crippen LogP contribution in [0.3, 0.4) is 0 Å². The van der Waals surface area contributed by atoms with Crippen LogP contribution in [0.25, 0.3) is 0 Å². The Morgan fingerprint density at radius 2 is 1.65 bits per heavy atom. The van der Waals surface area contributed by atoms with Crippen molar-refractivity contribution in [2.75, 3.05) is 24.6 Å². The van der Waals surface area contributed by atoms with E-state index in [1.54, 1.807) is 0 Å². The Hall–Kier alpha value is -2.87. The summed E-state index contributed by atoms with van der Waals surface area (Å²) in [5, 5.41) is 0. The Morgan fingerprint density at radius 1 is 1.04 bits per heavy atom. The number of nitrogens with zero attached hydrogens (tertiary/aromatic N) is 1. The average molecular weight is 376 g/mol. The second-order valence-corrected chi connectivity index (χ2v) is 7.42. The highest BCUT2D eigenvalue weighted by Crippen LogP contribution is 2.14. The third-order valence-electron chi connectivity index (χ3n) is 3.49. The van der Waals surface area contributed by atoms with Crippen molar-refractivity contribution in [1.29, 1.82) is 0 Å². The quantitative estimate of drug-likeness (QED) is 0.745. The summed E-state index contributed by atoms with van der Waals surface area (Å²) in [6, 6.07) is 15.3. The number of amides is 1. The van der Waals surface area contributed by atoms with Crippen molar-refractivity contribution in [2.24, 2.45) is 0 Å². The number of carbonyl (C=O) groups excluding carboxylic acids is 2. The highest BCUT2D eigenvalue weighted by molar-refractivity contribution is 7.92. The van der Waals surface area contributed by atoms with Gasteiger partial charge in [-0.25, -0.2) is 8.42 Å². The number of anilines is 1. The van der Waals surface area contributed by atoms with Crippen molar-refractivity contribution in [3.05, 3.63) is 65.7 Å². The number of rotatable bonds is 7. The van der Waals surface area contributed by atoms with Gasteiger partial charge < -0.3 is 9.64 Å². The fourth-order valence-electron chi connectivity index (χ4n) is 2.30. The van der Waals surface area contributed by atoms with Gasteiger partial charge in [0.1, 0.15) is 6.54 Å². The molecule has 1 amide bonds. The molecule has 2 rings (SSSR count). The highest BCUT2D eigenvalue weighted by atomic mass is 32.2. The summed E-state index contributed by atoms with van der Waals surface area (Å²) in [6.07, 6.45) is 1.05. The molecule has 0 bridgehead atoms. The first-order chi connectivity index (χ1) is 12.3. The van der Waals surface area contributed by atoms with Crippen molar-refractivity contribution < 1.29 is 22.7 Å². The number of methoxy groups -OCH3 is 1. The standard InChI is InChI=1S/C18H20N2O5S/c1-25-17(21)13-20(12-14-6-4-3-5-7-14)18(22)15-8-10-16(11-9-15)19-26(2,23)24/h3-11,19H,12-13H2,1-2H3. The van der Waals surface area contributed by atoms with E-state index in [0.717, 1.165) is 11.8 Å². The van der Waals surface area contributed by atoms with E-state index in [2.05, 4.69) is 9.46 Å². The lowest BCUT2D eigenvalue weighted by Crippen LogP contribution is -2.35. The zero-order valence-electron chi connectivity index (χ0n) is 14.5. The number of esters is 1. The van der Waals surface area contributed by atoms with Crippen molar-refractivity contribution in [3.8, 4) is 0 Å². The van der Waals surface area contributed by atoms with Crippen LogP contribution < -0.4 is 4.72 Å². The van der Waals surface area contributed by atoms with E-state index in [4.69, 9.17) is 0 Å². The second kappa shape index (κ2) is 8.48. The largest absolute Gasteiger partial charge is 0.468 e. The summed E-state index contributed by atoms with van der Waals surface area (Å²) < 4.78 is 29.5. The molecule has 0 saturated carbocycles. The minimum absolute atomic E-state index is 0.187. The Kier molecular flexibility index (Phi) is 6.35. The normalized spacial score (nSPS) is 10.8. The number of nitrogens with one attached hydrogen (secondary N) is 1. The molecule has 0 radical (unpaired) electrons. The van der Waals surface area contributed by atoms with E-state index < -0.39 is 16.0 Å². The summed E-state index contributed by atoms with van der Waals surface area (Å²) in [6.45, 7) is 0.0612. The number of carbonyl (C=O) groups is 2. The van der Waals surface area contributed by atoms with Gasteiger partial charge in [0, 0.05) is 17.8 Å². The maximum absolute atomic E-state index is 12.8. The minimum Gasteiger partial charge on any atom is -0.468 e. The van der Waals surface area contributed by atoms with Crippen molar-refractivity contribution in [2.45, 2.75) is 6.54 Å². The van der Waals surface area contributed by atoms with E-state index in [9.17, 15) is 18.0 Å². The number of hydrogen-bond donors (Lipinski definition) is 1. The Morgan fingerprint density at radius 3 is 2.19 bits per heavy atom.